The van der Waals surface area contributed by atoms with Crippen LogP contribution in [-0.2, 0) is 13.6 Å². The van der Waals surface area contributed by atoms with E-state index in [9.17, 15) is 4.57 Å². The quantitative estimate of drug-likeness (QED) is 0.547. The Morgan fingerprint density at radius 1 is 1.31 bits per heavy atom. The molecule has 0 saturated carbocycles. The summed E-state index contributed by atoms with van der Waals surface area (Å²) < 4.78 is 21.8. The van der Waals surface area contributed by atoms with Gasteiger partial charge in [-0.15, -0.1) is 0 Å². The van der Waals surface area contributed by atoms with E-state index in [2.05, 4.69) is 31.9 Å². The molecule has 13 heavy (non-hydrogen) atoms. The van der Waals surface area contributed by atoms with Gasteiger partial charge in [-0.3, -0.25) is 4.57 Å². The van der Waals surface area contributed by atoms with E-state index in [1.165, 1.54) is 0 Å². The Hall–Kier alpha value is 1.11. The number of hydrogen-bond acceptors (Lipinski definition) is 3. The second-order valence-corrected chi connectivity index (χ2v) is 8.03. The normalized spacial score (nSPS) is 17.0. The van der Waals surface area contributed by atoms with Gasteiger partial charge in [-0.05, 0) is 20.8 Å². The number of halogens is 2. The summed E-state index contributed by atoms with van der Waals surface area (Å²) in [5.41, 5.74) is 0. The van der Waals surface area contributed by atoms with E-state index in [1.807, 2.05) is 0 Å². The lowest BCUT2D eigenvalue weighted by Gasteiger charge is -2.29. The van der Waals surface area contributed by atoms with Gasteiger partial charge < -0.3 is 9.05 Å². The van der Waals surface area contributed by atoms with Crippen LogP contribution in [0, 0.1) is 0 Å². The topological polar surface area (TPSA) is 35.5 Å². The van der Waals surface area contributed by atoms with Gasteiger partial charge in [0.15, 0.2) is 0 Å². The van der Waals surface area contributed by atoms with Gasteiger partial charge in [0.1, 0.15) is 4.07 Å². The molecule has 0 rings (SSSR count). The standard InChI is InChI=1S/C7H15Br2O3P/c1-4-11-13(10,12-5-2)7(3,9)6-8/h4-6H2,1-3H3. The fourth-order valence-corrected chi connectivity index (χ4v) is 3.69. The molecule has 0 bridgehead atoms. The van der Waals surface area contributed by atoms with Crippen LogP contribution in [0.15, 0.2) is 0 Å². The van der Waals surface area contributed by atoms with Crippen LogP contribution in [0.5, 0.6) is 0 Å². The second-order valence-electron chi connectivity index (χ2n) is 2.61. The summed E-state index contributed by atoms with van der Waals surface area (Å²) in [7, 11) is -3.05. The minimum absolute atomic E-state index is 0.380. The van der Waals surface area contributed by atoms with Crippen molar-refractivity contribution in [3.63, 3.8) is 0 Å². The third-order valence-electron chi connectivity index (χ3n) is 1.41. The van der Waals surface area contributed by atoms with Gasteiger partial charge in [0.05, 0.1) is 13.2 Å². The van der Waals surface area contributed by atoms with Crippen LogP contribution < -0.4 is 0 Å². The monoisotopic (exact) mass is 336 g/mol. The summed E-state index contributed by atoms with van der Waals surface area (Å²) in [4.78, 5) is 0. The lowest BCUT2D eigenvalue weighted by atomic mass is 10.6. The Balaban J connectivity index is 4.67. The second kappa shape index (κ2) is 5.86. The zero-order chi connectivity index (χ0) is 10.5. The first kappa shape index (κ1) is 14.1. The van der Waals surface area contributed by atoms with Crippen LogP contribution in [0.4, 0.5) is 0 Å². The Morgan fingerprint density at radius 2 is 1.69 bits per heavy atom. The zero-order valence-corrected chi connectivity index (χ0v) is 12.1. The maximum atomic E-state index is 12.1. The summed E-state index contributed by atoms with van der Waals surface area (Å²) in [5.74, 6) is 0. The maximum Gasteiger partial charge on any atom is 0.347 e. The molecule has 3 nitrogen and oxygen atoms in total. The minimum Gasteiger partial charge on any atom is -0.308 e. The SMILES string of the molecule is CCOP(=O)(OCC)C(C)(Br)CBr. The third kappa shape index (κ3) is 3.63. The minimum atomic E-state index is -3.05. The number of rotatable bonds is 6. The fourth-order valence-electron chi connectivity index (χ4n) is 0.720. The largest absolute Gasteiger partial charge is 0.347 e. The zero-order valence-electron chi connectivity index (χ0n) is 8.05. The molecule has 0 aromatic carbocycles. The highest BCUT2D eigenvalue weighted by Gasteiger charge is 2.44. The molecular weight excluding hydrogens is 323 g/mol. The third-order valence-corrected chi connectivity index (χ3v) is 7.80. The van der Waals surface area contributed by atoms with E-state index in [4.69, 9.17) is 9.05 Å². The molecular formula is C7H15Br2O3P. The summed E-state index contributed by atoms with van der Waals surface area (Å²) in [6.07, 6.45) is 0. The van der Waals surface area contributed by atoms with Crippen molar-refractivity contribution >= 4 is 39.5 Å². The van der Waals surface area contributed by atoms with Gasteiger partial charge in [-0.25, -0.2) is 0 Å². The first-order valence-corrected chi connectivity index (χ1v) is 7.53. The molecule has 0 aliphatic carbocycles. The molecule has 0 aliphatic heterocycles. The van der Waals surface area contributed by atoms with E-state index in [0.717, 1.165) is 0 Å². The Bertz CT molecular complexity index is 186. The molecule has 0 saturated heterocycles. The molecule has 0 aliphatic rings. The molecule has 1 unspecified atom stereocenters. The lowest BCUT2D eigenvalue weighted by Crippen LogP contribution is -2.21. The van der Waals surface area contributed by atoms with E-state index in [-0.39, 0.29) is 0 Å². The summed E-state index contributed by atoms with van der Waals surface area (Å²) >= 11 is 6.61. The lowest BCUT2D eigenvalue weighted by molar-refractivity contribution is 0.213. The molecule has 1 atom stereocenters. The van der Waals surface area contributed by atoms with Gasteiger partial charge in [-0.2, -0.15) is 0 Å². The number of hydrogen-bond donors (Lipinski definition) is 0. The Kier molecular flexibility index (Phi) is 6.36. The van der Waals surface area contributed by atoms with Crippen molar-refractivity contribution in [3.05, 3.63) is 0 Å². The first-order chi connectivity index (χ1) is 5.93. The molecule has 80 valence electrons. The molecule has 0 aromatic heterocycles. The van der Waals surface area contributed by atoms with Crippen LogP contribution in [-0.4, -0.2) is 22.6 Å². The van der Waals surface area contributed by atoms with Crippen LogP contribution >= 0.6 is 39.5 Å². The van der Waals surface area contributed by atoms with E-state index in [1.54, 1.807) is 20.8 Å². The van der Waals surface area contributed by atoms with Crippen LogP contribution in [0.1, 0.15) is 20.8 Å². The number of alkyl halides is 2. The van der Waals surface area contributed by atoms with Gasteiger partial charge in [-0.1, -0.05) is 31.9 Å². The van der Waals surface area contributed by atoms with Crippen molar-refractivity contribution in [1.82, 2.24) is 0 Å². The first-order valence-electron chi connectivity index (χ1n) is 4.07. The van der Waals surface area contributed by atoms with E-state index < -0.39 is 11.7 Å². The van der Waals surface area contributed by atoms with Crippen LogP contribution in [0.25, 0.3) is 0 Å². The van der Waals surface area contributed by atoms with Crippen molar-refractivity contribution in [3.8, 4) is 0 Å². The van der Waals surface area contributed by atoms with Gasteiger partial charge in [0, 0.05) is 5.33 Å². The Labute approximate surface area is 96.4 Å². The van der Waals surface area contributed by atoms with Gasteiger partial charge in [0.2, 0.25) is 0 Å². The molecule has 0 aromatic rings. The predicted molar refractivity (Wildman–Crippen MR) is 62.0 cm³/mol. The smallest absolute Gasteiger partial charge is 0.308 e. The van der Waals surface area contributed by atoms with Gasteiger partial charge in [0.25, 0.3) is 0 Å². The van der Waals surface area contributed by atoms with Gasteiger partial charge >= 0.3 is 7.60 Å². The van der Waals surface area contributed by atoms with Crippen molar-refractivity contribution < 1.29 is 13.6 Å². The predicted octanol–water partition coefficient (Wildman–Crippen LogP) is 3.76. The van der Waals surface area contributed by atoms with Crippen molar-refractivity contribution in [1.29, 1.82) is 0 Å². The van der Waals surface area contributed by atoms with E-state index >= 15 is 0 Å². The Morgan fingerprint density at radius 3 is 1.92 bits per heavy atom. The molecule has 0 spiro atoms. The molecule has 6 heteroatoms. The summed E-state index contributed by atoms with van der Waals surface area (Å²) in [6, 6.07) is 0. The highest BCUT2D eigenvalue weighted by Crippen LogP contribution is 2.63. The highest BCUT2D eigenvalue weighted by molar-refractivity contribution is 9.13. The molecule has 0 fully saturated rings. The van der Waals surface area contributed by atoms with Crippen LogP contribution in [0.3, 0.4) is 0 Å². The van der Waals surface area contributed by atoms with Crippen molar-refractivity contribution in [2.24, 2.45) is 0 Å². The summed E-state index contributed by atoms with van der Waals surface area (Å²) in [5, 5.41) is 0.511. The average Bonchev–Trinajstić information content (AvgIpc) is 2.05. The molecule has 0 heterocycles. The fraction of sp³-hybridized carbons (Fsp3) is 1.00. The van der Waals surface area contributed by atoms with Crippen LogP contribution in [0.2, 0.25) is 0 Å². The van der Waals surface area contributed by atoms with E-state index in [0.29, 0.717) is 18.5 Å². The molecule has 0 amide bonds. The maximum absolute atomic E-state index is 12.1. The summed E-state index contributed by atoms with van der Waals surface area (Å²) in [6.45, 7) is 6.14. The average molecular weight is 338 g/mol. The highest BCUT2D eigenvalue weighted by atomic mass is 79.9. The van der Waals surface area contributed by atoms with Crippen molar-refractivity contribution in [2.45, 2.75) is 24.8 Å². The molecule has 0 N–H and O–H groups in total. The van der Waals surface area contributed by atoms with Crippen molar-refractivity contribution in [2.75, 3.05) is 18.5 Å². The molecule has 0 radical (unpaired) electrons.